The lowest BCUT2D eigenvalue weighted by molar-refractivity contribution is -0.286. The van der Waals surface area contributed by atoms with E-state index in [9.17, 15) is 8.78 Å². The van der Waals surface area contributed by atoms with E-state index in [2.05, 4.69) is 36.6 Å². The summed E-state index contributed by atoms with van der Waals surface area (Å²) >= 11 is 1.21. The van der Waals surface area contributed by atoms with Crippen molar-refractivity contribution in [3.05, 3.63) is 60.4 Å². The number of rotatable bonds is 5. The monoisotopic (exact) mass is 427 g/mol. The first kappa shape index (κ1) is 18.6. The van der Waals surface area contributed by atoms with Crippen LogP contribution in [-0.4, -0.2) is 25.8 Å². The van der Waals surface area contributed by atoms with Crippen LogP contribution in [0.25, 0.3) is 11.5 Å². The molecule has 3 aliphatic rings. The van der Waals surface area contributed by atoms with E-state index in [1.54, 1.807) is 12.4 Å². The van der Waals surface area contributed by atoms with Crippen molar-refractivity contribution >= 4 is 17.6 Å². The van der Waals surface area contributed by atoms with Crippen LogP contribution in [0.1, 0.15) is 5.56 Å². The Bertz CT molecular complexity index is 1190. The molecule has 3 heterocycles. The molecule has 0 saturated carbocycles. The topological polar surface area (TPSA) is 88.1 Å². The molecular formula is C20H15F2N5O2S. The third-order valence-electron chi connectivity index (χ3n) is 4.54. The Kier molecular flexibility index (Phi) is 4.43. The fourth-order valence-corrected chi connectivity index (χ4v) is 3.92. The Balaban J connectivity index is 1.40. The van der Waals surface area contributed by atoms with Gasteiger partial charge in [-0.25, -0.2) is 15.0 Å². The number of nitrogens with two attached hydrogens (primary N) is 1. The fourth-order valence-electron chi connectivity index (χ4n) is 3.14. The zero-order valence-corrected chi connectivity index (χ0v) is 16.3. The van der Waals surface area contributed by atoms with Crippen molar-refractivity contribution in [2.24, 2.45) is 0 Å². The molecule has 0 bridgehead atoms. The van der Waals surface area contributed by atoms with Gasteiger partial charge in [-0.05, 0) is 41.9 Å². The van der Waals surface area contributed by atoms with Gasteiger partial charge < -0.3 is 19.8 Å². The van der Waals surface area contributed by atoms with Gasteiger partial charge in [-0.1, -0.05) is 30.3 Å². The number of ether oxygens (including phenoxy) is 2. The minimum atomic E-state index is -3.65. The molecule has 3 aliphatic heterocycles. The van der Waals surface area contributed by atoms with Gasteiger partial charge in [-0.3, -0.25) is 0 Å². The van der Waals surface area contributed by atoms with Gasteiger partial charge in [0.25, 0.3) is 0 Å². The summed E-state index contributed by atoms with van der Waals surface area (Å²) in [6.07, 6.45) is -1.20. The first-order valence-electron chi connectivity index (χ1n) is 9.07. The molecule has 152 valence electrons. The zero-order chi connectivity index (χ0) is 20.7. The largest absolute Gasteiger partial charge is 0.586 e. The number of nitrogens with zero attached hydrogens (tertiary/aromatic N) is 4. The second kappa shape index (κ2) is 7.13. The third-order valence-corrected chi connectivity index (χ3v) is 5.39. The molecule has 0 aromatic heterocycles. The van der Waals surface area contributed by atoms with E-state index in [0.717, 1.165) is 6.42 Å². The number of halogens is 2. The average Bonchev–Trinajstić information content (AvgIpc) is 3.28. The van der Waals surface area contributed by atoms with Crippen molar-refractivity contribution < 1.29 is 18.3 Å². The second-order valence-corrected chi connectivity index (χ2v) is 7.66. The molecule has 0 saturated heterocycles. The first-order valence-corrected chi connectivity index (χ1v) is 9.88. The number of benzene rings is 2. The van der Waals surface area contributed by atoms with Crippen molar-refractivity contribution in [1.29, 1.82) is 0 Å². The van der Waals surface area contributed by atoms with Crippen LogP contribution in [0.3, 0.4) is 0 Å². The molecule has 2 aromatic carbocycles. The quantitative estimate of drug-likeness (QED) is 0.514. The number of fused-ring (bicyclic) bond motifs is 2. The van der Waals surface area contributed by atoms with E-state index in [1.165, 1.54) is 29.5 Å². The predicted octanol–water partition coefficient (Wildman–Crippen LogP) is 4.08. The van der Waals surface area contributed by atoms with Crippen molar-refractivity contribution in [3.63, 3.8) is 0 Å². The highest BCUT2D eigenvalue weighted by Crippen LogP contribution is 2.43. The van der Waals surface area contributed by atoms with E-state index in [4.69, 9.17) is 5.73 Å². The number of hydrogen-bond acceptors (Lipinski definition) is 7. The van der Waals surface area contributed by atoms with E-state index >= 15 is 0 Å². The smallest absolute Gasteiger partial charge is 0.395 e. The lowest BCUT2D eigenvalue weighted by atomic mass is 10.1. The minimum Gasteiger partial charge on any atom is -0.395 e. The van der Waals surface area contributed by atoms with Crippen LogP contribution in [-0.2, 0) is 13.0 Å². The summed E-state index contributed by atoms with van der Waals surface area (Å²) in [6.45, 7) is 0.662. The van der Waals surface area contributed by atoms with Crippen LogP contribution >= 0.6 is 11.8 Å². The highest BCUT2D eigenvalue weighted by molar-refractivity contribution is 7.99. The molecule has 7 nitrogen and oxygen atoms in total. The number of imidazole rings is 1. The van der Waals surface area contributed by atoms with Gasteiger partial charge in [0.15, 0.2) is 34.0 Å². The molecule has 2 aromatic rings. The van der Waals surface area contributed by atoms with Crippen molar-refractivity contribution in [3.8, 4) is 23.0 Å². The lowest BCUT2D eigenvalue weighted by Crippen LogP contribution is -2.25. The van der Waals surface area contributed by atoms with Gasteiger partial charge in [0.2, 0.25) is 0 Å². The van der Waals surface area contributed by atoms with E-state index in [0.29, 0.717) is 28.1 Å². The molecule has 0 amide bonds. The molecule has 0 spiro atoms. The predicted molar refractivity (Wildman–Crippen MR) is 106 cm³/mol. The Morgan fingerprint density at radius 3 is 2.67 bits per heavy atom. The summed E-state index contributed by atoms with van der Waals surface area (Å²) in [5.41, 5.74) is 7.68. The van der Waals surface area contributed by atoms with Gasteiger partial charge in [0, 0.05) is 11.4 Å². The summed E-state index contributed by atoms with van der Waals surface area (Å²) in [5, 5.41) is 0.434. The van der Waals surface area contributed by atoms with E-state index in [1.807, 2.05) is 22.8 Å². The number of aromatic nitrogens is 4. The minimum absolute atomic E-state index is 0.00914. The summed E-state index contributed by atoms with van der Waals surface area (Å²) in [7, 11) is 0. The van der Waals surface area contributed by atoms with Crippen molar-refractivity contribution in [2.75, 3.05) is 5.73 Å². The van der Waals surface area contributed by atoms with Gasteiger partial charge in [0.05, 0.1) is 6.33 Å². The fraction of sp³-hybridized carbons (Fsp3) is 0.150. The van der Waals surface area contributed by atoms with E-state index < -0.39 is 6.29 Å². The van der Waals surface area contributed by atoms with Crippen LogP contribution in [0, 0.1) is 0 Å². The third kappa shape index (κ3) is 3.61. The second-order valence-electron chi connectivity index (χ2n) is 6.62. The Hall–Kier alpha value is -3.40. The molecule has 5 rings (SSSR count). The molecular weight excluding hydrogens is 412 g/mol. The summed E-state index contributed by atoms with van der Waals surface area (Å²) in [6, 6.07) is 14.6. The lowest BCUT2D eigenvalue weighted by Gasteiger charge is -2.11. The van der Waals surface area contributed by atoms with Gasteiger partial charge >= 0.3 is 6.29 Å². The van der Waals surface area contributed by atoms with Gasteiger partial charge in [-0.15, -0.1) is 8.78 Å². The summed E-state index contributed by atoms with van der Waals surface area (Å²) < 4.78 is 37.3. The highest BCUT2D eigenvalue weighted by atomic mass is 32.2. The number of alkyl halides is 2. The van der Waals surface area contributed by atoms with Crippen LogP contribution in [0.2, 0.25) is 0 Å². The van der Waals surface area contributed by atoms with E-state index in [-0.39, 0.29) is 17.3 Å². The Labute approximate surface area is 174 Å². The van der Waals surface area contributed by atoms with Crippen LogP contribution in [0.4, 0.5) is 14.6 Å². The number of hydrogen-bond donors (Lipinski definition) is 1. The van der Waals surface area contributed by atoms with Crippen LogP contribution in [0.15, 0.2) is 64.9 Å². The molecule has 0 unspecified atom stereocenters. The first-order chi connectivity index (χ1) is 14.5. The molecule has 0 atom stereocenters. The van der Waals surface area contributed by atoms with Gasteiger partial charge in [0.1, 0.15) is 0 Å². The average molecular weight is 427 g/mol. The maximum atomic E-state index is 13.2. The SMILES string of the molecule is Nc1ncn(CCc2ccccc2)c2nc(Sc3ccc4c(c3)OC(F)(F)O4)nc1-2. The van der Waals surface area contributed by atoms with Crippen LogP contribution < -0.4 is 15.2 Å². The summed E-state index contributed by atoms with van der Waals surface area (Å²) in [4.78, 5) is 13.9. The van der Waals surface area contributed by atoms with Crippen molar-refractivity contribution in [1.82, 2.24) is 19.5 Å². The summed E-state index contributed by atoms with van der Waals surface area (Å²) in [5.74, 6) is 0.865. The Morgan fingerprint density at radius 2 is 1.83 bits per heavy atom. The molecule has 0 fully saturated rings. The molecule has 0 radical (unpaired) electrons. The molecule has 2 N–H and O–H groups in total. The molecule has 0 aliphatic carbocycles. The number of nitrogen functional groups attached to an aromatic ring is 1. The number of anilines is 1. The molecule has 30 heavy (non-hydrogen) atoms. The maximum Gasteiger partial charge on any atom is 0.586 e. The van der Waals surface area contributed by atoms with Gasteiger partial charge in [-0.2, -0.15) is 0 Å². The normalized spacial score (nSPS) is 14.3. The Morgan fingerprint density at radius 1 is 1.03 bits per heavy atom. The zero-order valence-electron chi connectivity index (χ0n) is 15.5. The standard InChI is InChI=1S/C20H15F2N5O2S/c21-20(22)28-14-7-6-13(10-15(14)29-20)30-19-25-16-17(23)24-11-27(18(16)26-19)9-8-12-4-2-1-3-5-12/h1-7,10-11H,8-9,23H2. The highest BCUT2D eigenvalue weighted by Gasteiger charge is 2.43. The number of aryl methyl sites for hydroxylation is 2. The van der Waals surface area contributed by atoms with Crippen molar-refractivity contribution in [2.45, 2.75) is 29.3 Å². The maximum absolute atomic E-state index is 13.2. The van der Waals surface area contributed by atoms with Crippen LogP contribution in [0.5, 0.6) is 11.5 Å². The molecule has 10 heteroatoms.